The summed E-state index contributed by atoms with van der Waals surface area (Å²) in [4.78, 5) is 43.7. The molecule has 2 N–H and O–H groups in total. The Morgan fingerprint density at radius 2 is 1.80 bits per heavy atom. The molecule has 8 unspecified atom stereocenters. The summed E-state index contributed by atoms with van der Waals surface area (Å²) in [5.74, 6) is -0.897. The number of benzene rings is 2. The van der Waals surface area contributed by atoms with Crippen LogP contribution in [-0.4, -0.2) is 53.5 Å². The Morgan fingerprint density at radius 3 is 2.51 bits per heavy atom. The first kappa shape index (κ1) is 27.8. The van der Waals surface area contributed by atoms with Crippen molar-refractivity contribution >= 4 is 35.0 Å². The number of rotatable bonds is 7. The smallest absolute Gasteiger partial charge is 0.246 e. The molecule has 1 aliphatic carbocycles. The van der Waals surface area contributed by atoms with Crippen LogP contribution < -0.4 is 15.4 Å². The van der Waals surface area contributed by atoms with Crippen molar-refractivity contribution in [2.24, 2.45) is 23.7 Å². The maximum absolute atomic E-state index is 14.2. The lowest BCUT2D eigenvalue weighted by molar-refractivity contribution is -0.142. The second-order valence-electron chi connectivity index (χ2n) is 11.9. The predicted octanol–water partition coefficient (Wildman–Crippen LogP) is 4.58. The SMILES string of the molecule is COc1ccc(NC(=O)C2C3C=CC4(O3)C2C(=O)N(Cc2ccc(Cl)cc2)C4C(=O)NC2CCCC(C)C2C)cc1. The van der Waals surface area contributed by atoms with E-state index in [0.29, 0.717) is 28.3 Å². The largest absolute Gasteiger partial charge is 0.497 e. The fourth-order valence-electron chi connectivity index (χ4n) is 7.17. The highest BCUT2D eigenvalue weighted by Crippen LogP contribution is 2.55. The Bertz CT molecular complexity index is 1360. The maximum Gasteiger partial charge on any atom is 0.246 e. The number of methoxy groups -OCH3 is 1. The van der Waals surface area contributed by atoms with Crippen molar-refractivity contribution in [3.05, 3.63) is 71.3 Å². The van der Waals surface area contributed by atoms with Crippen molar-refractivity contribution < 1.29 is 23.9 Å². The first-order chi connectivity index (χ1) is 19.7. The monoisotopic (exact) mass is 577 g/mol. The van der Waals surface area contributed by atoms with Crippen LogP contribution in [0.1, 0.15) is 38.7 Å². The van der Waals surface area contributed by atoms with Gasteiger partial charge in [-0.1, -0.05) is 62.6 Å². The van der Waals surface area contributed by atoms with E-state index in [1.165, 1.54) is 0 Å². The zero-order chi connectivity index (χ0) is 28.9. The highest BCUT2D eigenvalue weighted by Gasteiger charge is 2.72. The van der Waals surface area contributed by atoms with Crippen molar-refractivity contribution in [2.75, 3.05) is 12.4 Å². The van der Waals surface area contributed by atoms with Gasteiger partial charge in [0.05, 0.1) is 25.0 Å². The summed E-state index contributed by atoms with van der Waals surface area (Å²) in [6, 6.07) is 13.4. The molecule has 4 aliphatic rings. The average molecular weight is 578 g/mol. The molecule has 41 heavy (non-hydrogen) atoms. The van der Waals surface area contributed by atoms with Gasteiger partial charge in [-0.3, -0.25) is 14.4 Å². The lowest BCUT2D eigenvalue weighted by Gasteiger charge is -2.38. The third-order valence-electron chi connectivity index (χ3n) is 9.58. The molecule has 8 atom stereocenters. The number of anilines is 1. The first-order valence-corrected chi connectivity index (χ1v) is 14.8. The second kappa shape index (κ2) is 10.8. The number of nitrogens with zero attached hydrogens (tertiary/aromatic N) is 1. The Labute approximate surface area is 245 Å². The number of halogens is 1. The van der Waals surface area contributed by atoms with Gasteiger partial charge in [0.15, 0.2) is 0 Å². The number of nitrogens with one attached hydrogen (secondary N) is 2. The predicted molar refractivity (Wildman–Crippen MR) is 155 cm³/mol. The summed E-state index contributed by atoms with van der Waals surface area (Å²) >= 11 is 6.11. The van der Waals surface area contributed by atoms with E-state index in [-0.39, 0.29) is 30.3 Å². The van der Waals surface area contributed by atoms with E-state index in [4.69, 9.17) is 21.1 Å². The van der Waals surface area contributed by atoms with Gasteiger partial charge in [-0.05, 0) is 60.2 Å². The normalized spacial score (nSPS) is 33.5. The van der Waals surface area contributed by atoms with Gasteiger partial charge in [-0.15, -0.1) is 0 Å². The van der Waals surface area contributed by atoms with Crippen LogP contribution in [0.3, 0.4) is 0 Å². The van der Waals surface area contributed by atoms with Gasteiger partial charge in [-0.25, -0.2) is 0 Å². The van der Waals surface area contributed by atoms with Crippen LogP contribution >= 0.6 is 11.6 Å². The average Bonchev–Trinajstić information content (AvgIpc) is 3.60. The van der Waals surface area contributed by atoms with E-state index in [1.807, 2.05) is 24.3 Å². The Morgan fingerprint density at radius 1 is 1.07 bits per heavy atom. The van der Waals surface area contributed by atoms with Crippen LogP contribution in [-0.2, 0) is 25.7 Å². The minimum absolute atomic E-state index is 0.0194. The minimum Gasteiger partial charge on any atom is -0.497 e. The summed E-state index contributed by atoms with van der Waals surface area (Å²) < 4.78 is 11.7. The van der Waals surface area contributed by atoms with Gasteiger partial charge < -0.3 is 25.0 Å². The molecular weight excluding hydrogens is 542 g/mol. The van der Waals surface area contributed by atoms with Crippen LogP contribution in [0.2, 0.25) is 5.02 Å². The Kier molecular flexibility index (Phi) is 7.32. The van der Waals surface area contributed by atoms with Gasteiger partial charge in [0, 0.05) is 23.3 Å². The van der Waals surface area contributed by atoms with Crippen molar-refractivity contribution in [3.8, 4) is 5.75 Å². The number of carbonyl (C=O) groups excluding carboxylic acids is 3. The van der Waals surface area contributed by atoms with E-state index < -0.39 is 29.6 Å². The van der Waals surface area contributed by atoms with Gasteiger partial charge in [0.2, 0.25) is 17.7 Å². The number of carbonyl (C=O) groups is 3. The molecule has 1 spiro atoms. The van der Waals surface area contributed by atoms with Gasteiger partial charge >= 0.3 is 0 Å². The van der Waals surface area contributed by atoms with E-state index >= 15 is 0 Å². The number of hydrogen-bond donors (Lipinski definition) is 2. The topological polar surface area (TPSA) is 97.0 Å². The van der Waals surface area contributed by atoms with Crippen molar-refractivity contribution in [2.45, 2.75) is 63.4 Å². The van der Waals surface area contributed by atoms with E-state index in [2.05, 4.69) is 24.5 Å². The van der Waals surface area contributed by atoms with E-state index in [1.54, 1.807) is 48.4 Å². The zero-order valence-electron chi connectivity index (χ0n) is 23.5. The zero-order valence-corrected chi connectivity index (χ0v) is 24.3. The molecule has 2 saturated heterocycles. The highest BCUT2D eigenvalue weighted by atomic mass is 35.5. The van der Waals surface area contributed by atoms with Gasteiger partial charge in [0.25, 0.3) is 0 Å². The van der Waals surface area contributed by atoms with Crippen LogP contribution in [0.4, 0.5) is 5.69 Å². The number of hydrogen-bond acceptors (Lipinski definition) is 5. The summed E-state index contributed by atoms with van der Waals surface area (Å²) in [7, 11) is 1.58. The molecule has 2 aromatic rings. The minimum atomic E-state index is -1.22. The standard InChI is InChI=1S/C32H36ClN3O5/c1-18-5-4-6-24(19(18)2)35-30(38)28-32-16-15-25(41-32)26(29(37)34-22-11-13-23(40-3)14-12-22)27(32)31(39)36(28)17-20-7-9-21(33)10-8-20/h7-16,18-19,24-28H,4-6,17H2,1-3H3,(H,34,37)(H,35,38). The molecule has 3 aliphatic heterocycles. The number of likely N-dealkylation sites (tertiary alicyclic amines) is 1. The molecule has 1 saturated carbocycles. The molecule has 9 heteroatoms. The molecular formula is C32H36ClN3O5. The fraction of sp³-hybridized carbons (Fsp3) is 0.469. The Hall–Kier alpha value is -3.36. The third kappa shape index (κ3) is 4.81. The summed E-state index contributed by atoms with van der Waals surface area (Å²) in [6.07, 6.45) is 6.17. The van der Waals surface area contributed by atoms with Crippen molar-refractivity contribution in [1.29, 1.82) is 0 Å². The first-order valence-electron chi connectivity index (χ1n) is 14.4. The molecule has 8 nitrogen and oxygen atoms in total. The van der Waals surface area contributed by atoms with Crippen LogP contribution in [0, 0.1) is 23.7 Å². The highest BCUT2D eigenvalue weighted by molar-refractivity contribution is 6.30. The van der Waals surface area contributed by atoms with Crippen LogP contribution in [0.25, 0.3) is 0 Å². The van der Waals surface area contributed by atoms with E-state index in [9.17, 15) is 14.4 Å². The molecule has 0 aromatic heterocycles. The molecule has 0 radical (unpaired) electrons. The van der Waals surface area contributed by atoms with Crippen LogP contribution in [0.15, 0.2) is 60.7 Å². The Balaban J connectivity index is 1.31. The number of amides is 3. The number of fused-ring (bicyclic) bond motifs is 1. The van der Waals surface area contributed by atoms with Gasteiger partial charge in [-0.2, -0.15) is 0 Å². The molecule has 3 fully saturated rings. The van der Waals surface area contributed by atoms with Crippen molar-refractivity contribution in [1.82, 2.24) is 10.2 Å². The quantitative estimate of drug-likeness (QED) is 0.470. The molecule has 2 bridgehead atoms. The van der Waals surface area contributed by atoms with E-state index in [0.717, 1.165) is 24.8 Å². The third-order valence-corrected chi connectivity index (χ3v) is 9.84. The molecule has 3 amide bonds. The second-order valence-corrected chi connectivity index (χ2v) is 12.3. The van der Waals surface area contributed by atoms with Crippen molar-refractivity contribution in [3.63, 3.8) is 0 Å². The lowest BCUT2D eigenvalue weighted by Crippen LogP contribution is -2.57. The maximum atomic E-state index is 14.2. The number of ether oxygens (including phenoxy) is 2. The summed E-state index contributed by atoms with van der Waals surface area (Å²) in [5, 5.41) is 6.83. The molecule has 3 heterocycles. The molecule has 216 valence electrons. The van der Waals surface area contributed by atoms with Crippen LogP contribution in [0.5, 0.6) is 5.75 Å². The lowest BCUT2D eigenvalue weighted by atomic mass is 9.73. The molecule has 2 aromatic carbocycles. The molecule has 6 rings (SSSR count). The summed E-state index contributed by atoms with van der Waals surface area (Å²) in [6.45, 7) is 4.61. The summed E-state index contributed by atoms with van der Waals surface area (Å²) in [5.41, 5.74) is 0.216. The fourth-order valence-corrected chi connectivity index (χ4v) is 7.30. The van der Waals surface area contributed by atoms with Gasteiger partial charge in [0.1, 0.15) is 17.4 Å².